The number of carbonyl (C=O) groups excluding carboxylic acids is 3. The zero-order valence-corrected chi connectivity index (χ0v) is 23.5. The summed E-state index contributed by atoms with van der Waals surface area (Å²) in [5, 5.41) is -0.292. The Kier molecular flexibility index (Phi) is 11.3. The fourth-order valence-corrected chi connectivity index (χ4v) is 7.78. The van der Waals surface area contributed by atoms with Gasteiger partial charge in [-0.1, -0.05) is 41.5 Å². The first-order valence-corrected chi connectivity index (χ1v) is 16.6. The molecule has 182 valence electrons. The van der Waals surface area contributed by atoms with Crippen LogP contribution in [0.25, 0.3) is 0 Å². The van der Waals surface area contributed by atoms with Crippen molar-refractivity contribution in [1.82, 2.24) is 0 Å². The van der Waals surface area contributed by atoms with Gasteiger partial charge in [-0.05, 0) is 56.0 Å². The highest BCUT2D eigenvalue weighted by atomic mass is 28.4. The first kappa shape index (κ1) is 30.0. The van der Waals surface area contributed by atoms with E-state index in [1.54, 1.807) is 0 Å². The average molecular weight is 477 g/mol. The van der Waals surface area contributed by atoms with Crippen LogP contribution in [0, 0.1) is 0 Å². The predicted octanol–water partition coefficient (Wildman–Crippen LogP) is 4.85. The summed E-state index contributed by atoms with van der Waals surface area (Å²) in [5.41, 5.74) is -2.04. The van der Waals surface area contributed by atoms with Gasteiger partial charge in [0.1, 0.15) is 0 Å². The van der Waals surface area contributed by atoms with Crippen molar-refractivity contribution >= 4 is 34.4 Å². The number of esters is 2. The van der Waals surface area contributed by atoms with E-state index < -0.39 is 40.0 Å². The van der Waals surface area contributed by atoms with Crippen molar-refractivity contribution in [1.29, 1.82) is 0 Å². The number of ketones is 1. The molecule has 9 heteroatoms. The molecule has 0 spiro atoms. The Bertz CT molecular complexity index is 616. The second kappa shape index (κ2) is 11.7. The molecule has 0 aliphatic heterocycles. The summed E-state index contributed by atoms with van der Waals surface area (Å²) in [6.45, 7) is 18.2. The van der Waals surface area contributed by atoms with Crippen molar-refractivity contribution in [2.75, 3.05) is 14.2 Å². The van der Waals surface area contributed by atoms with Crippen molar-refractivity contribution in [2.45, 2.75) is 109 Å². The molecule has 0 aromatic heterocycles. The van der Waals surface area contributed by atoms with Crippen LogP contribution in [0.1, 0.15) is 61.3 Å². The van der Waals surface area contributed by atoms with Gasteiger partial charge in [0.2, 0.25) is 5.60 Å². The summed E-state index contributed by atoms with van der Waals surface area (Å²) in [5.74, 6) is -3.01. The molecule has 0 fully saturated rings. The minimum atomic E-state index is -2.64. The van der Waals surface area contributed by atoms with Crippen molar-refractivity contribution in [3.05, 3.63) is 0 Å². The van der Waals surface area contributed by atoms with Crippen molar-refractivity contribution in [2.24, 2.45) is 0 Å². The van der Waals surface area contributed by atoms with Gasteiger partial charge in [-0.15, -0.1) is 0 Å². The Labute approximate surface area is 190 Å². The number of methoxy groups -OCH3 is 2. The topological polar surface area (TPSA) is 88.1 Å². The lowest BCUT2D eigenvalue weighted by molar-refractivity contribution is -0.174. The average Bonchev–Trinajstić information content (AvgIpc) is 2.72. The van der Waals surface area contributed by atoms with Crippen LogP contribution < -0.4 is 0 Å². The molecule has 31 heavy (non-hydrogen) atoms. The number of ether oxygens (including phenoxy) is 2. The molecule has 0 aliphatic carbocycles. The van der Waals surface area contributed by atoms with Crippen LogP contribution in [-0.2, 0) is 32.7 Å². The van der Waals surface area contributed by atoms with Crippen molar-refractivity contribution in [3.8, 4) is 0 Å². The molecule has 0 saturated carbocycles. The fraction of sp³-hybridized carbons (Fsp3) is 0.864. The van der Waals surface area contributed by atoms with Gasteiger partial charge in [-0.25, -0.2) is 9.59 Å². The highest BCUT2D eigenvalue weighted by Crippen LogP contribution is 2.41. The molecule has 0 N–H and O–H groups in total. The van der Waals surface area contributed by atoms with E-state index in [1.165, 1.54) is 7.11 Å². The number of carbonyl (C=O) groups is 3. The van der Waals surface area contributed by atoms with Crippen LogP contribution >= 0.6 is 0 Å². The van der Waals surface area contributed by atoms with E-state index >= 15 is 0 Å². The summed E-state index contributed by atoms with van der Waals surface area (Å²) in [4.78, 5) is 38.4. The van der Waals surface area contributed by atoms with E-state index in [1.807, 2.05) is 40.8 Å². The molecule has 7 nitrogen and oxygen atoms in total. The van der Waals surface area contributed by atoms with Crippen molar-refractivity contribution in [3.63, 3.8) is 0 Å². The summed E-state index contributed by atoms with van der Waals surface area (Å²) < 4.78 is 22.5. The zero-order valence-electron chi connectivity index (χ0n) is 21.5. The Hall–Kier alpha value is -1.04. The summed E-state index contributed by atoms with van der Waals surface area (Å²) in [6.07, 6.45) is 0.174. The van der Waals surface area contributed by atoms with E-state index in [0.29, 0.717) is 6.42 Å². The molecule has 2 atom stereocenters. The molecular formula is C22H44O7Si2. The zero-order chi connectivity index (χ0) is 24.7. The van der Waals surface area contributed by atoms with Crippen LogP contribution in [0.4, 0.5) is 0 Å². The van der Waals surface area contributed by atoms with Gasteiger partial charge in [0.15, 0.2) is 16.6 Å². The lowest BCUT2D eigenvalue weighted by atomic mass is 9.91. The normalized spacial score (nSPS) is 15.7. The van der Waals surface area contributed by atoms with E-state index in [9.17, 15) is 14.4 Å². The summed E-state index contributed by atoms with van der Waals surface area (Å²) in [6, 6.07) is 2.98. The SMILES string of the molecule is CC[Si](CC)(CC)OC(C)CCC(O[Si](C)(C)C(C)(C)C)(C(=O)OC)C(=O)C(=O)OC. The molecule has 0 aliphatic rings. The minimum absolute atomic E-state index is 0.0110. The second-order valence-electron chi connectivity index (χ2n) is 9.71. The molecule has 0 bridgehead atoms. The maximum atomic E-state index is 13.2. The maximum Gasteiger partial charge on any atom is 0.378 e. The molecule has 0 radical (unpaired) electrons. The molecule has 0 heterocycles. The molecular weight excluding hydrogens is 432 g/mol. The molecule has 0 saturated heterocycles. The number of hydrogen-bond donors (Lipinski definition) is 0. The lowest BCUT2D eigenvalue weighted by Crippen LogP contribution is -2.60. The molecule has 0 aromatic carbocycles. The van der Waals surface area contributed by atoms with Crippen LogP contribution in [0.5, 0.6) is 0 Å². The molecule has 0 aromatic rings. The van der Waals surface area contributed by atoms with Gasteiger partial charge in [0.25, 0.3) is 5.78 Å². The summed E-state index contributed by atoms with van der Waals surface area (Å²) in [7, 11) is -2.20. The van der Waals surface area contributed by atoms with Crippen molar-refractivity contribution < 1.29 is 32.7 Å². The Morgan fingerprint density at radius 2 is 1.39 bits per heavy atom. The van der Waals surface area contributed by atoms with Crippen LogP contribution in [0.2, 0.25) is 36.3 Å². The highest BCUT2D eigenvalue weighted by Gasteiger charge is 2.56. The monoisotopic (exact) mass is 476 g/mol. The lowest BCUT2D eigenvalue weighted by Gasteiger charge is -2.43. The van der Waals surface area contributed by atoms with Gasteiger partial charge in [0, 0.05) is 6.10 Å². The van der Waals surface area contributed by atoms with E-state index in [0.717, 1.165) is 25.2 Å². The number of rotatable bonds is 13. The van der Waals surface area contributed by atoms with Gasteiger partial charge in [0.05, 0.1) is 14.2 Å². The van der Waals surface area contributed by atoms with Crippen LogP contribution in [0.15, 0.2) is 0 Å². The quantitative estimate of drug-likeness (QED) is 0.162. The minimum Gasteiger partial charge on any atom is -0.467 e. The van der Waals surface area contributed by atoms with E-state index in [4.69, 9.17) is 13.6 Å². The Morgan fingerprint density at radius 1 is 0.903 bits per heavy atom. The van der Waals surface area contributed by atoms with Gasteiger partial charge >= 0.3 is 11.9 Å². The van der Waals surface area contributed by atoms with Crippen LogP contribution in [-0.4, -0.2) is 60.3 Å². The molecule has 0 amide bonds. The third-order valence-corrected chi connectivity index (χ3v) is 16.0. The predicted molar refractivity (Wildman–Crippen MR) is 127 cm³/mol. The summed E-state index contributed by atoms with van der Waals surface area (Å²) >= 11 is 0. The first-order chi connectivity index (χ1) is 14.1. The van der Waals surface area contributed by atoms with E-state index in [-0.39, 0.29) is 17.6 Å². The fourth-order valence-electron chi connectivity index (χ4n) is 3.35. The van der Waals surface area contributed by atoms with Gasteiger partial charge in [-0.3, -0.25) is 4.79 Å². The third kappa shape index (κ3) is 7.23. The van der Waals surface area contributed by atoms with E-state index in [2.05, 4.69) is 25.5 Å². The Balaban J connectivity index is 6.15. The highest BCUT2D eigenvalue weighted by molar-refractivity contribution is 6.75. The Morgan fingerprint density at radius 3 is 1.74 bits per heavy atom. The smallest absolute Gasteiger partial charge is 0.378 e. The molecule has 2 unspecified atom stereocenters. The first-order valence-electron chi connectivity index (χ1n) is 11.2. The standard InChI is InChI=1S/C22H44O7Si2/c1-12-31(13-2,14-3)28-17(4)15-16-22(20(25)27-9,18(23)19(24)26-8)29-30(10,11)21(5,6)7/h17H,12-16H2,1-11H3. The number of hydrogen-bond acceptors (Lipinski definition) is 7. The number of Topliss-reactive ketones (excluding diaryl/α,β-unsaturated/α-hetero) is 1. The largest absolute Gasteiger partial charge is 0.467 e. The second-order valence-corrected chi connectivity index (χ2v) is 19.2. The van der Waals surface area contributed by atoms with Crippen LogP contribution in [0.3, 0.4) is 0 Å². The third-order valence-electron chi connectivity index (χ3n) is 6.78. The maximum absolute atomic E-state index is 13.2. The molecule has 0 rings (SSSR count). The van der Waals surface area contributed by atoms with Gasteiger partial charge in [-0.2, -0.15) is 0 Å². The van der Waals surface area contributed by atoms with Gasteiger partial charge < -0.3 is 18.3 Å².